The van der Waals surface area contributed by atoms with Crippen LogP contribution in [0.25, 0.3) is 5.69 Å². The maximum Gasteiger partial charge on any atom is 0.332 e. The summed E-state index contributed by atoms with van der Waals surface area (Å²) in [7, 11) is 0. The van der Waals surface area contributed by atoms with Crippen molar-refractivity contribution in [2.45, 2.75) is 26.0 Å². The van der Waals surface area contributed by atoms with Gasteiger partial charge in [-0.05, 0) is 19.9 Å². The molecule has 0 radical (unpaired) electrons. The largest absolute Gasteiger partial charge is 0.371 e. The van der Waals surface area contributed by atoms with Crippen molar-refractivity contribution in [3.05, 3.63) is 52.7 Å². The number of para-hydroxylation sites is 1. The first-order valence-electron chi connectivity index (χ1n) is 7.39. The lowest BCUT2D eigenvalue weighted by Gasteiger charge is -2.25. The molecule has 1 aliphatic rings. The van der Waals surface area contributed by atoms with Crippen LogP contribution in [0.1, 0.15) is 31.6 Å². The number of aromatic nitrogens is 2. The molecule has 1 aromatic carbocycles. The monoisotopic (exact) mass is 287 g/mol. The molecule has 0 amide bonds. The zero-order valence-electron chi connectivity index (χ0n) is 12.5. The van der Waals surface area contributed by atoms with E-state index in [1.165, 1.54) is 0 Å². The Morgan fingerprint density at radius 1 is 1.29 bits per heavy atom. The van der Waals surface area contributed by atoms with Gasteiger partial charge in [0.1, 0.15) is 0 Å². The van der Waals surface area contributed by atoms with Crippen LogP contribution in [-0.2, 0) is 4.74 Å². The summed E-state index contributed by atoms with van der Waals surface area (Å²) in [4.78, 5) is 12.5. The number of ether oxygens (including phenoxy) is 1. The van der Waals surface area contributed by atoms with E-state index in [0.29, 0.717) is 6.61 Å². The number of nitrogens with zero attached hydrogens (tertiary/aromatic N) is 2. The molecular formula is C16H21N3O2. The molecule has 2 aromatic rings. The predicted octanol–water partition coefficient (Wildman–Crippen LogP) is 1.88. The molecule has 3 rings (SSSR count). The predicted molar refractivity (Wildman–Crippen MR) is 82.0 cm³/mol. The van der Waals surface area contributed by atoms with Gasteiger partial charge in [0.05, 0.1) is 18.4 Å². The van der Waals surface area contributed by atoms with Gasteiger partial charge in [-0.25, -0.2) is 4.79 Å². The Morgan fingerprint density at radius 3 is 2.76 bits per heavy atom. The standard InChI is InChI=1S/C16H21N3O2/c1-12(2)18-8-9-19(16(18)20)14-6-4-3-5-13(14)15-11-17-7-10-21-15/h3-6,8-9,12,15,17H,7,10-11H2,1-2H3. The maximum absolute atomic E-state index is 12.5. The zero-order valence-corrected chi connectivity index (χ0v) is 12.5. The summed E-state index contributed by atoms with van der Waals surface area (Å²) in [6, 6.07) is 8.10. The first-order chi connectivity index (χ1) is 10.2. The van der Waals surface area contributed by atoms with E-state index in [1.807, 2.05) is 50.5 Å². The Morgan fingerprint density at radius 2 is 2.10 bits per heavy atom. The fraction of sp³-hybridized carbons (Fsp3) is 0.438. The van der Waals surface area contributed by atoms with Gasteiger partial charge in [-0.3, -0.25) is 9.13 Å². The van der Waals surface area contributed by atoms with E-state index < -0.39 is 0 Å². The quantitative estimate of drug-likeness (QED) is 0.937. The summed E-state index contributed by atoms with van der Waals surface area (Å²) in [5.74, 6) is 0. The minimum absolute atomic E-state index is 0.00995. The minimum Gasteiger partial charge on any atom is -0.371 e. The fourth-order valence-corrected chi connectivity index (χ4v) is 2.71. The average Bonchev–Trinajstić information content (AvgIpc) is 2.90. The molecule has 0 bridgehead atoms. The number of hydrogen-bond acceptors (Lipinski definition) is 3. The van der Waals surface area contributed by atoms with Gasteiger partial charge in [0.25, 0.3) is 0 Å². The van der Waals surface area contributed by atoms with Crippen molar-refractivity contribution in [3.8, 4) is 5.69 Å². The van der Waals surface area contributed by atoms with E-state index in [9.17, 15) is 4.79 Å². The third kappa shape index (κ3) is 2.66. The van der Waals surface area contributed by atoms with Crippen molar-refractivity contribution in [3.63, 3.8) is 0 Å². The van der Waals surface area contributed by atoms with E-state index in [4.69, 9.17) is 4.74 Å². The number of rotatable bonds is 3. The van der Waals surface area contributed by atoms with Gasteiger partial charge in [-0.1, -0.05) is 18.2 Å². The van der Waals surface area contributed by atoms with Crippen LogP contribution < -0.4 is 11.0 Å². The fourth-order valence-electron chi connectivity index (χ4n) is 2.71. The summed E-state index contributed by atoms with van der Waals surface area (Å²) in [5.41, 5.74) is 1.94. The van der Waals surface area contributed by atoms with Crippen LogP contribution in [0.3, 0.4) is 0 Å². The molecule has 1 atom stereocenters. The number of benzene rings is 1. The van der Waals surface area contributed by atoms with E-state index >= 15 is 0 Å². The van der Waals surface area contributed by atoms with Gasteiger partial charge < -0.3 is 10.1 Å². The van der Waals surface area contributed by atoms with Crippen molar-refractivity contribution in [2.24, 2.45) is 0 Å². The Kier molecular flexibility index (Phi) is 3.94. The van der Waals surface area contributed by atoms with Crippen LogP contribution in [0.2, 0.25) is 0 Å². The lowest BCUT2D eigenvalue weighted by molar-refractivity contribution is 0.0277. The third-order valence-corrected chi connectivity index (χ3v) is 3.83. The third-order valence-electron chi connectivity index (χ3n) is 3.83. The first-order valence-corrected chi connectivity index (χ1v) is 7.39. The van der Waals surface area contributed by atoms with Crippen LogP contribution in [0.4, 0.5) is 0 Å². The molecule has 1 saturated heterocycles. The van der Waals surface area contributed by atoms with E-state index in [1.54, 1.807) is 9.13 Å². The van der Waals surface area contributed by atoms with Gasteiger partial charge in [-0.15, -0.1) is 0 Å². The Balaban J connectivity index is 2.04. The van der Waals surface area contributed by atoms with E-state index in [0.717, 1.165) is 24.3 Å². The SMILES string of the molecule is CC(C)n1ccn(-c2ccccc2C2CNCCO2)c1=O. The van der Waals surface area contributed by atoms with E-state index in [-0.39, 0.29) is 17.8 Å². The second kappa shape index (κ2) is 5.87. The van der Waals surface area contributed by atoms with E-state index in [2.05, 4.69) is 5.32 Å². The number of morpholine rings is 1. The molecule has 1 N–H and O–H groups in total. The smallest absolute Gasteiger partial charge is 0.332 e. The minimum atomic E-state index is -0.0128. The van der Waals surface area contributed by atoms with Crippen molar-refractivity contribution in [1.82, 2.24) is 14.5 Å². The molecular weight excluding hydrogens is 266 g/mol. The number of nitrogens with one attached hydrogen (secondary N) is 1. The molecule has 1 aromatic heterocycles. The maximum atomic E-state index is 12.5. The summed E-state index contributed by atoms with van der Waals surface area (Å²) in [5, 5.41) is 3.33. The van der Waals surface area contributed by atoms with Gasteiger partial charge in [0, 0.05) is 37.1 Å². The van der Waals surface area contributed by atoms with Gasteiger partial charge >= 0.3 is 5.69 Å². The second-order valence-corrected chi connectivity index (χ2v) is 5.57. The average molecular weight is 287 g/mol. The van der Waals surface area contributed by atoms with Crippen LogP contribution in [-0.4, -0.2) is 28.8 Å². The number of hydrogen-bond donors (Lipinski definition) is 1. The molecule has 0 aliphatic carbocycles. The van der Waals surface area contributed by atoms with Gasteiger partial charge in [0.2, 0.25) is 0 Å². The molecule has 1 unspecified atom stereocenters. The highest BCUT2D eigenvalue weighted by molar-refractivity contribution is 5.42. The number of imidazole rings is 1. The highest BCUT2D eigenvalue weighted by Crippen LogP contribution is 2.24. The van der Waals surface area contributed by atoms with Crippen molar-refractivity contribution >= 4 is 0 Å². The summed E-state index contributed by atoms with van der Waals surface area (Å²) >= 11 is 0. The Hall–Kier alpha value is -1.85. The normalized spacial score (nSPS) is 19.1. The molecule has 21 heavy (non-hydrogen) atoms. The molecule has 5 nitrogen and oxygen atoms in total. The summed E-state index contributed by atoms with van der Waals surface area (Å²) in [6.07, 6.45) is 3.66. The topological polar surface area (TPSA) is 48.2 Å². The second-order valence-electron chi connectivity index (χ2n) is 5.57. The molecule has 5 heteroatoms. The Bertz CT molecular complexity index is 666. The van der Waals surface area contributed by atoms with Crippen molar-refractivity contribution in [2.75, 3.05) is 19.7 Å². The van der Waals surface area contributed by atoms with Crippen molar-refractivity contribution < 1.29 is 4.74 Å². The van der Waals surface area contributed by atoms with Crippen LogP contribution in [0.5, 0.6) is 0 Å². The molecule has 1 fully saturated rings. The molecule has 2 heterocycles. The highest BCUT2D eigenvalue weighted by atomic mass is 16.5. The zero-order chi connectivity index (χ0) is 14.8. The van der Waals surface area contributed by atoms with Crippen molar-refractivity contribution in [1.29, 1.82) is 0 Å². The van der Waals surface area contributed by atoms with Crippen LogP contribution in [0.15, 0.2) is 41.5 Å². The Labute approximate surface area is 124 Å². The molecule has 0 saturated carbocycles. The molecule has 0 spiro atoms. The lowest BCUT2D eigenvalue weighted by Crippen LogP contribution is -2.34. The summed E-state index contributed by atoms with van der Waals surface area (Å²) in [6.45, 7) is 6.36. The first kappa shape index (κ1) is 14.1. The van der Waals surface area contributed by atoms with Crippen LogP contribution in [0, 0.1) is 0 Å². The highest BCUT2D eigenvalue weighted by Gasteiger charge is 2.20. The lowest BCUT2D eigenvalue weighted by atomic mass is 10.1. The van der Waals surface area contributed by atoms with Crippen LogP contribution >= 0.6 is 0 Å². The van der Waals surface area contributed by atoms with Gasteiger partial charge in [-0.2, -0.15) is 0 Å². The summed E-state index contributed by atoms with van der Waals surface area (Å²) < 4.78 is 9.27. The molecule has 1 aliphatic heterocycles. The van der Waals surface area contributed by atoms with Gasteiger partial charge in [0.15, 0.2) is 0 Å². The molecule has 112 valence electrons.